The number of carbonyl (C=O) groups excluding carboxylic acids is 3. The van der Waals surface area contributed by atoms with E-state index in [1.54, 1.807) is 0 Å². The van der Waals surface area contributed by atoms with Crippen LogP contribution in [-0.4, -0.2) is 37.2 Å². The first-order chi connectivity index (χ1) is 34.0. The predicted octanol–water partition coefficient (Wildman–Crippen LogP) is 20.2. The van der Waals surface area contributed by atoms with Gasteiger partial charge >= 0.3 is 17.9 Å². The van der Waals surface area contributed by atoms with Crippen molar-refractivity contribution in [3.8, 4) is 0 Å². The van der Waals surface area contributed by atoms with Crippen molar-refractivity contribution in [2.24, 2.45) is 0 Å². The second-order valence-corrected chi connectivity index (χ2v) is 20.3. The monoisotopic (exact) mass is 967 g/mol. The van der Waals surface area contributed by atoms with Crippen LogP contribution < -0.4 is 0 Å². The SMILES string of the molecule is CCCCC/C=C\C/C=C\C/C=C\C/C=C\CCCC(=O)O[C@@H](COC(=O)CCCCCCCCCCCCCCC)COC(=O)CCCCCCCCCCCCCCCCCCCCCCC. The standard InChI is InChI=1S/C63H114O6/c1-4-7-10-13-16-19-22-25-27-29-30-31-32-34-35-38-41-44-47-50-53-56-62(65)68-59-60(58-67-61(64)55-52-49-46-43-40-37-24-21-18-15-12-9-6-3)69-63(66)57-54-51-48-45-42-39-36-33-28-26-23-20-17-14-11-8-5-2/h17,20,26,28,36,39,45,48,60H,4-16,18-19,21-25,27,29-35,37-38,40-44,46-47,49-59H2,1-3H3/b20-17-,28-26-,39-36-,48-45-/t60-/m0/s1. The zero-order valence-electron chi connectivity index (χ0n) is 46.1. The van der Waals surface area contributed by atoms with Crippen LogP contribution in [0.4, 0.5) is 0 Å². The number of carbonyl (C=O) groups is 3. The number of esters is 3. The summed E-state index contributed by atoms with van der Waals surface area (Å²) in [6.45, 7) is 6.61. The van der Waals surface area contributed by atoms with Crippen molar-refractivity contribution in [1.82, 2.24) is 0 Å². The molecule has 0 amide bonds. The first kappa shape index (κ1) is 66.4. The van der Waals surface area contributed by atoms with Crippen LogP contribution in [0.15, 0.2) is 48.6 Å². The number of hydrogen-bond donors (Lipinski definition) is 0. The van der Waals surface area contributed by atoms with Gasteiger partial charge in [0.25, 0.3) is 0 Å². The maximum absolute atomic E-state index is 12.8. The van der Waals surface area contributed by atoms with E-state index in [0.717, 1.165) is 64.2 Å². The summed E-state index contributed by atoms with van der Waals surface area (Å²) in [6.07, 6.45) is 71.2. The highest BCUT2D eigenvalue weighted by molar-refractivity contribution is 5.71. The van der Waals surface area contributed by atoms with Crippen LogP contribution in [0, 0.1) is 0 Å². The van der Waals surface area contributed by atoms with Gasteiger partial charge in [0.1, 0.15) is 13.2 Å². The first-order valence-electron chi connectivity index (χ1n) is 30.1. The Morgan fingerprint density at radius 2 is 0.536 bits per heavy atom. The fourth-order valence-corrected chi connectivity index (χ4v) is 8.79. The molecule has 6 heteroatoms. The highest BCUT2D eigenvalue weighted by Gasteiger charge is 2.19. The van der Waals surface area contributed by atoms with Crippen molar-refractivity contribution in [1.29, 1.82) is 0 Å². The van der Waals surface area contributed by atoms with E-state index in [1.807, 2.05) is 0 Å². The Kier molecular flexibility index (Phi) is 55.7. The molecule has 0 bridgehead atoms. The highest BCUT2D eigenvalue weighted by Crippen LogP contribution is 2.17. The van der Waals surface area contributed by atoms with Crippen molar-refractivity contribution in [2.45, 2.75) is 322 Å². The maximum atomic E-state index is 12.8. The normalized spacial score (nSPS) is 12.3. The lowest BCUT2D eigenvalue weighted by molar-refractivity contribution is -0.167. The number of hydrogen-bond acceptors (Lipinski definition) is 6. The summed E-state index contributed by atoms with van der Waals surface area (Å²) < 4.78 is 16.8. The molecule has 0 aromatic rings. The summed E-state index contributed by atoms with van der Waals surface area (Å²) in [4.78, 5) is 38.2. The van der Waals surface area contributed by atoms with Crippen LogP contribution in [0.2, 0.25) is 0 Å². The van der Waals surface area contributed by atoms with E-state index in [4.69, 9.17) is 14.2 Å². The average molecular weight is 968 g/mol. The fraction of sp³-hybridized carbons (Fsp3) is 0.825. The summed E-state index contributed by atoms with van der Waals surface area (Å²) in [7, 11) is 0. The van der Waals surface area contributed by atoms with Crippen molar-refractivity contribution in [2.75, 3.05) is 13.2 Å². The molecule has 0 aliphatic carbocycles. The molecule has 0 fully saturated rings. The summed E-state index contributed by atoms with van der Waals surface area (Å²) in [5.41, 5.74) is 0. The predicted molar refractivity (Wildman–Crippen MR) is 298 cm³/mol. The van der Waals surface area contributed by atoms with E-state index in [2.05, 4.69) is 69.4 Å². The zero-order chi connectivity index (χ0) is 50.0. The molecular weight excluding hydrogens is 853 g/mol. The van der Waals surface area contributed by atoms with Crippen molar-refractivity contribution in [3.05, 3.63) is 48.6 Å². The minimum atomic E-state index is -0.798. The van der Waals surface area contributed by atoms with Gasteiger partial charge in [-0.25, -0.2) is 0 Å². The van der Waals surface area contributed by atoms with E-state index in [9.17, 15) is 14.4 Å². The lowest BCUT2D eigenvalue weighted by Crippen LogP contribution is -2.30. The molecule has 402 valence electrons. The van der Waals surface area contributed by atoms with Crippen molar-refractivity contribution >= 4 is 17.9 Å². The highest BCUT2D eigenvalue weighted by atomic mass is 16.6. The van der Waals surface area contributed by atoms with Gasteiger partial charge in [-0.2, -0.15) is 0 Å². The quantitative estimate of drug-likeness (QED) is 0.0262. The molecule has 6 nitrogen and oxygen atoms in total. The zero-order valence-corrected chi connectivity index (χ0v) is 46.1. The minimum Gasteiger partial charge on any atom is -0.462 e. The molecule has 0 aromatic carbocycles. The van der Waals surface area contributed by atoms with Crippen LogP contribution in [0.3, 0.4) is 0 Å². The van der Waals surface area contributed by atoms with Crippen molar-refractivity contribution < 1.29 is 28.6 Å². The van der Waals surface area contributed by atoms with E-state index in [-0.39, 0.29) is 37.5 Å². The summed E-state index contributed by atoms with van der Waals surface area (Å²) in [5.74, 6) is -0.929. The Morgan fingerprint density at radius 3 is 0.855 bits per heavy atom. The van der Waals surface area contributed by atoms with Gasteiger partial charge in [-0.3, -0.25) is 14.4 Å². The fourth-order valence-electron chi connectivity index (χ4n) is 8.79. The van der Waals surface area contributed by atoms with Crippen LogP contribution in [-0.2, 0) is 28.6 Å². The maximum Gasteiger partial charge on any atom is 0.306 e. The Morgan fingerprint density at radius 1 is 0.290 bits per heavy atom. The average Bonchev–Trinajstić information content (AvgIpc) is 3.35. The molecule has 0 N–H and O–H groups in total. The second kappa shape index (κ2) is 57.9. The molecular formula is C63H114O6. The van der Waals surface area contributed by atoms with Crippen LogP contribution in [0.25, 0.3) is 0 Å². The Hall–Kier alpha value is -2.63. The van der Waals surface area contributed by atoms with Crippen LogP contribution in [0.1, 0.15) is 316 Å². The Bertz CT molecular complexity index is 1200. The third-order valence-corrected chi connectivity index (χ3v) is 13.3. The Balaban J connectivity index is 4.36. The van der Waals surface area contributed by atoms with Gasteiger partial charge in [0.2, 0.25) is 0 Å². The first-order valence-corrected chi connectivity index (χ1v) is 30.1. The van der Waals surface area contributed by atoms with Gasteiger partial charge < -0.3 is 14.2 Å². The smallest absolute Gasteiger partial charge is 0.306 e. The van der Waals surface area contributed by atoms with Crippen LogP contribution in [0.5, 0.6) is 0 Å². The third-order valence-electron chi connectivity index (χ3n) is 13.3. The molecule has 0 unspecified atom stereocenters. The molecule has 0 aromatic heterocycles. The molecule has 0 aliphatic rings. The van der Waals surface area contributed by atoms with Gasteiger partial charge in [-0.15, -0.1) is 0 Å². The number of allylic oxidation sites excluding steroid dienone is 8. The van der Waals surface area contributed by atoms with Gasteiger partial charge in [0.15, 0.2) is 6.10 Å². The van der Waals surface area contributed by atoms with E-state index in [1.165, 1.54) is 205 Å². The van der Waals surface area contributed by atoms with E-state index < -0.39 is 6.10 Å². The lowest BCUT2D eigenvalue weighted by atomic mass is 10.0. The lowest BCUT2D eigenvalue weighted by Gasteiger charge is -2.18. The third kappa shape index (κ3) is 56.2. The number of unbranched alkanes of at least 4 members (excludes halogenated alkanes) is 36. The molecule has 0 saturated carbocycles. The summed E-state index contributed by atoms with van der Waals surface area (Å²) >= 11 is 0. The van der Waals surface area contributed by atoms with E-state index >= 15 is 0 Å². The van der Waals surface area contributed by atoms with Crippen LogP contribution >= 0.6 is 0 Å². The largest absolute Gasteiger partial charge is 0.462 e. The molecule has 0 spiro atoms. The molecule has 0 heterocycles. The van der Waals surface area contributed by atoms with Gasteiger partial charge in [0.05, 0.1) is 0 Å². The van der Waals surface area contributed by atoms with Gasteiger partial charge in [0, 0.05) is 19.3 Å². The summed E-state index contributed by atoms with van der Waals surface area (Å²) in [6, 6.07) is 0. The minimum absolute atomic E-state index is 0.0903. The van der Waals surface area contributed by atoms with Crippen molar-refractivity contribution in [3.63, 3.8) is 0 Å². The molecule has 1 atom stereocenters. The second-order valence-electron chi connectivity index (χ2n) is 20.3. The molecule has 69 heavy (non-hydrogen) atoms. The van der Waals surface area contributed by atoms with E-state index in [0.29, 0.717) is 19.3 Å². The molecule has 0 radical (unpaired) electrons. The van der Waals surface area contributed by atoms with Gasteiger partial charge in [-0.05, 0) is 57.8 Å². The molecule has 0 saturated heterocycles. The number of ether oxygens (including phenoxy) is 3. The Labute approximate surface area is 428 Å². The van der Waals surface area contributed by atoms with Gasteiger partial charge in [-0.1, -0.05) is 288 Å². The topological polar surface area (TPSA) is 78.9 Å². The summed E-state index contributed by atoms with van der Waals surface area (Å²) in [5, 5.41) is 0. The number of rotatable bonds is 55. The molecule has 0 aliphatic heterocycles. The molecule has 0 rings (SSSR count).